The van der Waals surface area contributed by atoms with Gasteiger partial charge >= 0.3 is 5.69 Å². The molecule has 0 aliphatic heterocycles. The Balaban J connectivity index is 2.28. The lowest BCUT2D eigenvalue weighted by Gasteiger charge is -2.06. The predicted molar refractivity (Wildman–Crippen MR) is 64.3 cm³/mol. The van der Waals surface area contributed by atoms with E-state index in [0.29, 0.717) is 6.54 Å². The second kappa shape index (κ2) is 4.96. The molecule has 2 aromatic rings. The molecule has 0 aliphatic rings. The number of nitro groups is 1. The minimum absolute atomic E-state index is 0.0345. The van der Waals surface area contributed by atoms with Crippen molar-refractivity contribution < 1.29 is 4.92 Å². The molecule has 2 heterocycles. The van der Waals surface area contributed by atoms with Gasteiger partial charge in [-0.15, -0.1) is 0 Å². The van der Waals surface area contributed by atoms with E-state index < -0.39 is 4.92 Å². The van der Waals surface area contributed by atoms with Crippen LogP contribution in [0.25, 0.3) is 0 Å². The summed E-state index contributed by atoms with van der Waals surface area (Å²) in [6.45, 7) is 1.86. The summed E-state index contributed by atoms with van der Waals surface area (Å²) in [6, 6.07) is 0. The highest BCUT2D eigenvalue weighted by molar-refractivity contribution is 6.28. The van der Waals surface area contributed by atoms with E-state index in [4.69, 9.17) is 11.6 Å². The normalized spacial score (nSPS) is 10.3. The summed E-state index contributed by atoms with van der Waals surface area (Å²) in [5.41, 5.74) is 0.884. The van der Waals surface area contributed by atoms with E-state index in [9.17, 15) is 10.1 Å². The van der Waals surface area contributed by atoms with Crippen molar-refractivity contribution in [2.75, 3.05) is 5.32 Å². The van der Waals surface area contributed by atoms with Gasteiger partial charge in [-0.1, -0.05) is 0 Å². The molecule has 0 aromatic carbocycles. The fraction of sp³-hybridized carbons (Fsp3) is 0.222. The zero-order chi connectivity index (χ0) is 13.1. The lowest BCUT2D eigenvalue weighted by atomic mass is 10.3. The molecule has 0 bridgehead atoms. The van der Waals surface area contributed by atoms with E-state index in [1.54, 1.807) is 12.4 Å². The topological polar surface area (TPSA) is 110 Å². The van der Waals surface area contributed by atoms with E-state index in [0.717, 1.165) is 5.56 Å². The first-order chi connectivity index (χ1) is 8.58. The Kier molecular flexibility index (Phi) is 3.38. The third-order valence-electron chi connectivity index (χ3n) is 2.23. The molecule has 0 unspecified atom stereocenters. The third kappa shape index (κ3) is 2.54. The van der Waals surface area contributed by atoms with E-state index in [1.807, 2.05) is 0 Å². The number of hydrogen-bond acceptors (Lipinski definition) is 6. The standard InChI is InChI=1S/C9H9ClN6O2/c1-5-7(16(17)18)8(15-9(10)14-5)11-2-6-3-12-13-4-6/h3-4H,2H2,1H3,(H,12,13)(H,11,14,15). The van der Waals surface area contributed by atoms with Gasteiger partial charge in [0.25, 0.3) is 0 Å². The molecule has 0 radical (unpaired) electrons. The highest BCUT2D eigenvalue weighted by Crippen LogP contribution is 2.26. The summed E-state index contributed by atoms with van der Waals surface area (Å²) >= 11 is 5.68. The Labute approximate surface area is 107 Å². The summed E-state index contributed by atoms with van der Waals surface area (Å²) in [5.74, 6) is 0.0960. The van der Waals surface area contributed by atoms with Gasteiger partial charge in [-0.25, -0.2) is 4.98 Å². The fourth-order valence-corrected chi connectivity index (χ4v) is 1.65. The lowest BCUT2D eigenvalue weighted by molar-refractivity contribution is -0.385. The number of nitrogens with one attached hydrogen (secondary N) is 2. The minimum Gasteiger partial charge on any atom is -0.360 e. The van der Waals surface area contributed by atoms with E-state index in [-0.39, 0.29) is 22.5 Å². The molecule has 0 saturated heterocycles. The molecule has 18 heavy (non-hydrogen) atoms. The van der Waals surface area contributed by atoms with Gasteiger partial charge in [0.15, 0.2) is 0 Å². The van der Waals surface area contributed by atoms with Crippen molar-refractivity contribution in [3.8, 4) is 0 Å². The summed E-state index contributed by atoms with van der Waals surface area (Å²) in [4.78, 5) is 18.0. The average Bonchev–Trinajstić information content (AvgIpc) is 2.77. The van der Waals surface area contributed by atoms with Gasteiger partial charge in [0.1, 0.15) is 5.69 Å². The first kappa shape index (κ1) is 12.2. The molecular formula is C9H9ClN6O2. The van der Waals surface area contributed by atoms with E-state index in [1.165, 1.54) is 6.92 Å². The number of halogens is 1. The molecule has 9 heteroatoms. The molecule has 0 fully saturated rings. The first-order valence-electron chi connectivity index (χ1n) is 4.98. The monoisotopic (exact) mass is 268 g/mol. The Morgan fingerprint density at radius 3 is 2.94 bits per heavy atom. The largest absolute Gasteiger partial charge is 0.360 e. The maximum absolute atomic E-state index is 10.9. The molecule has 2 rings (SSSR count). The van der Waals surface area contributed by atoms with Gasteiger partial charge in [-0.2, -0.15) is 10.1 Å². The zero-order valence-corrected chi connectivity index (χ0v) is 10.1. The maximum atomic E-state index is 10.9. The van der Waals surface area contributed by atoms with Crippen molar-refractivity contribution in [2.24, 2.45) is 0 Å². The summed E-state index contributed by atoms with van der Waals surface area (Å²) in [5, 5.41) is 20.2. The van der Waals surface area contributed by atoms with E-state index >= 15 is 0 Å². The van der Waals surface area contributed by atoms with Crippen LogP contribution in [0, 0.1) is 17.0 Å². The van der Waals surface area contributed by atoms with Gasteiger partial charge in [-0.05, 0) is 18.5 Å². The molecule has 2 aromatic heterocycles. The highest BCUT2D eigenvalue weighted by atomic mass is 35.5. The van der Waals surface area contributed by atoms with Gasteiger partial charge < -0.3 is 5.32 Å². The van der Waals surface area contributed by atoms with Crippen molar-refractivity contribution >= 4 is 23.1 Å². The van der Waals surface area contributed by atoms with Gasteiger partial charge in [-0.3, -0.25) is 15.2 Å². The van der Waals surface area contributed by atoms with Crippen molar-refractivity contribution in [3.63, 3.8) is 0 Å². The highest BCUT2D eigenvalue weighted by Gasteiger charge is 2.21. The Hall–Kier alpha value is -2.22. The predicted octanol–water partition coefficient (Wildman–Crippen LogP) is 1.68. The van der Waals surface area contributed by atoms with Crippen LogP contribution < -0.4 is 5.32 Å². The number of nitrogens with zero attached hydrogens (tertiary/aromatic N) is 4. The minimum atomic E-state index is -0.538. The number of aromatic nitrogens is 4. The molecule has 94 valence electrons. The molecular weight excluding hydrogens is 260 g/mol. The van der Waals surface area contributed by atoms with E-state index in [2.05, 4.69) is 25.5 Å². The average molecular weight is 269 g/mol. The molecule has 0 amide bonds. The number of anilines is 1. The molecule has 0 saturated carbocycles. The zero-order valence-electron chi connectivity index (χ0n) is 9.35. The Bertz CT molecular complexity index is 571. The van der Waals surface area contributed by atoms with Crippen LogP contribution in [0.2, 0.25) is 5.28 Å². The van der Waals surface area contributed by atoms with Crippen LogP contribution in [-0.4, -0.2) is 25.1 Å². The summed E-state index contributed by atoms with van der Waals surface area (Å²) in [6.07, 6.45) is 3.28. The summed E-state index contributed by atoms with van der Waals surface area (Å²) in [7, 11) is 0. The Morgan fingerprint density at radius 2 is 2.33 bits per heavy atom. The molecule has 0 aliphatic carbocycles. The third-order valence-corrected chi connectivity index (χ3v) is 2.40. The van der Waals surface area contributed by atoms with Gasteiger partial charge in [0.2, 0.25) is 11.1 Å². The fourth-order valence-electron chi connectivity index (χ4n) is 1.43. The number of hydrogen-bond donors (Lipinski definition) is 2. The Morgan fingerprint density at radius 1 is 1.56 bits per heavy atom. The SMILES string of the molecule is Cc1nc(Cl)nc(NCc2cn[nH]c2)c1[N+](=O)[O-]. The first-order valence-corrected chi connectivity index (χ1v) is 5.36. The van der Waals surface area contributed by atoms with Crippen LogP contribution in [0.4, 0.5) is 11.5 Å². The number of rotatable bonds is 4. The second-order valence-corrected chi connectivity index (χ2v) is 3.83. The summed E-state index contributed by atoms with van der Waals surface area (Å²) < 4.78 is 0. The molecule has 0 atom stereocenters. The van der Waals surface area contributed by atoms with Crippen LogP contribution in [0.5, 0.6) is 0 Å². The molecule has 8 nitrogen and oxygen atoms in total. The number of aryl methyl sites for hydroxylation is 1. The smallest absolute Gasteiger partial charge is 0.332 e. The van der Waals surface area contributed by atoms with Crippen LogP contribution >= 0.6 is 11.6 Å². The quantitative estimate of drug-likeness (QED) is 0.496. The van der Waals surface area contributed by atoms with Crippen molar-refractivity contribution in [3.05, 3.63) is 39.0 Å². The van der Waals surface area contributed by atoms with Crippen LogP contribution in [0.15, 0.2) is 12.4 Å². The van der Waals surface area contributed by atoms with Gasteiger partial charge in [0, 0.05) is 18.3 Å². The second-order valence-electron chi connectivity index (χ2n) is 3.49. The van der Waals surface area contributed by atoms with Crippen molar-refractivity contribution in [1.29, 1.82) is 0 Å². The maximum Gasteiger partial charge on any atom is 0.332 e. The molecule has 0 spiro atoms. The van der Waals surface area contributed by atoms with Crippen LogP contribution in [0.3, 0.4) is 0 Å². The number of aromatic amines is 1. The van der Waals surface area contributed by atoms with Crippen molar-refractivity contribution in [1.82, 2.24) is 20.2 Å². The molecule has 2 N–H and O–H groups in total. The lowest BCUT2D eigenvalue weighted by Crippen LogP contribution is -2.07. The van der Waals surface area contributed by atoms with Gasteiger partial charge in [0.05, 0.1) is 11.1 Å². The van der Waals surface area contributed by atoms with Crippen molar-refractivity contribution in [2.45, 2.75) is 13.5 Å². The number of H-pyrrole nitrogens is 1. The van der Waals surface area contributed by atoms with Crippen LogP contribution in [-0.2, 0) is 6.54 Å². The van der Waals surface area contributed by atoms with Crippen LogP contribution in [0.1, 0.15) is 11.3 Å².